The van der Waals surface area contributed by atoms with Crippen molar-refractivity contribution in [2.45, 2.75) is 209 Å². The van der Waals surface area contributed by atoms with Gasteiger partial charge in [-0.3, -0.25) is 0 Å². The number of benzene rings is 6. The Hall–Kier alpha value is -5.01. The molecule has 0 aromatic heterocycles. The summed E-state index contributed by atoms with van der Waals surface area (Å²) in [5.74, 6) is 6.42. The van der Waals surface area contributed by atoms with Crippen LogP contribution in [0.2, 0.25) is 0 Å². The predicted molar refractivity (Wildman–Crippen MR) is 368 cm³/mol. The van der Waals surface area contributed by atoms with E-state index in [1.165, 1.54) is 21.2 Å². The topological polar surface area (TPSA) is 73.8 Å². The number of fused-ring (bicyclic) bond motifs is 2. The van der Waals surface area contributed by atoms with E-state index < -0.39 is 23.1 Å². The molecule has 2 aliphatic heterocycles. The molecule has 8 nitrogen and oxygen atoms in total. The van der Waals surface area contributed by atoms with Crippen molar-refractivity contribution in [3.8, 4) is 57.1 Å². The van der Waals surface area contributed by atoms with Gasteiger partial charge in [0.2, 0.25) is 13.6 Å². The van der Waals surface area contributed by atoms with Crippen molar-refractivity contribution in [1.29, 1.82) is 0 Å². The first-order valence-electron chi connectivity index (χ1n) is 30.8. The van der Waals surface area contributed by atoms with Gasteiger partial charge in [0.05, 0.1) is 28.4 Å². The Morgan fingerprint density at radius 3 is 0.656 bits per heavy atom. The Labute approximate surface area is 552 Å². The summed E-state index contributed by atoms with van der Waals surface area (Å²) < 4.78 is 92.1. The molecule has 90 heavy (non-hydrogen) atoms. The number of ether oxygens (including phenoxy) is 8. The molecule has 16 heteroatoms. The van der Waals surface area contributed by atoms with Crippen LogP contribution in [0.3, 0.4) is 0 Å². The fraction of sp³-hybridized carbons (Fsp3) is 0.514. The van der Waals surface area contributed by atoms with Crippen molar-refractivity contribution in [1.82, 2.24) is 0 Å². The van der Waals surface area contributed by atoms with Crippen LogP contribution < -0.4 is 69.7 Å². The van der Waals surface area contributed by atoms with E-state index in [9.17, 15) is 17.3 Å². The van der Waals surface area contributed by atoms with E-state index in [4.69, 9.17) is 37.9 Å². The first-order valence-corrected chi connectivity index (χ1v) is 33.5. The molecule has 1 radical (unpaired) electrons. The van der Waals surface area contributed by atoms with Crippen molar-refractivity contribution >= 4 is 54.9 Å². The van der Waals surface area contributed by atoms with E-state index in [-0.39, 0.29) is 76.4 Å². The Balaban J connectivity index is 0.00000206. The van der Waals surface area contributed by atoms with Crippen LogP contribution in [0, 0.1) is 0 Å². The average Bonchev–Trinajstić information content (AvgIpc) is 1.11. The molecule has 0 amide bonds. The first-order chi connectivity index (χ1) is 40.6. The third-order valence-corrected chi connectivity index (χ3v) is 21.2. The minimum absolute atomic E-state index is 0. The molecule has 0 saturated carbocycles. The molecule has 0 N–H and O–H groups in total. The van der Waals surface area contributed by atoms with Gasteiger partial charge in [-0.2, -0.15) is 0 Å². The van der Waals surface area contributed by atoms with Crippen molar-refractivity contribution in [2.24, 2.45) is 0 Å². The van der Waals surface area contributed by atoms with Crippen LogP contribution in [0.5, 0.6) is 46.0 Å². The Morgan fingerprint density at radius 1 is 0.322 bits per heavy atom. The van der Waals surface area contributed by atoms with Crippen molar-refractivity contribution in [3.63, 3.8) is 0 Å². The summed E-state index contributed by atoms with van der Waals surface area (Å²) in [6, 6.07) is 28.4. The van der Waals surface area contributed by atoms with Gasteiger partial charge in [0, 0.05) is 75.1 Å². The van der Waals surface area contributed by atoms with Crippen LogP contribution in [0.25, 0.3) is 11.1 Å². The zero-order valence-corrected chi connectivity index (χ0v) is 62.4. The third kappa shape index (κ3) is 15.6. The van der Waals surface area contributed by atoms with E-state index in [1.807, 2.05) is 28.4 Å². The van der Waals surface area contributed by atoms with Crippen LogP contribution in [-0.2, 0) is 62.8 Å². The summed E-state index contributed by atoms with van der Waals surface area (Å²) in [5.41, 5.74) is 8.79. The third-order valence-electron chi connectivity index (χ3n) is 16.4. The molecule has 0 aliphatic carbocycles. The summed E-state index contributed by atoms with van der Waals surface area (Å²) in [6.45, 7) is 55.2. The largest absolute Gasteiger partial charge is 0.673 e. The van der Waals surface area contributed by atoms with Crippen LogP contribution in [0.1, 0.15) is 211 Å². The molecular weight excluding hydrogens is 1270 g/mol. The molecule has 8 rings (SSSR count). The fourth-order valence-corrected chi connectivity index (χ4v) is 17.0. The smallest absolute Gasteiger partial charge is 0.496 e. The second-order valence-electron chi connectivity index (χ2n) is 31.8. The molecule has 2 heterocycles. The van der Waals surface area contributed by atoms with Gasteiger partial charge >= 0.3 is 7.25 Å². The van der Waals surface area contributed by atoms with E-state index >= 15 is 0 Å². The van der Waals surface area contributed by atoms with Gasteiger partial charge in [-0.15, -0.1) is 0 Å². The number of halogens is 4. The molecule has 0 unspecified atom stereocenters. The molecular formula is C74H100BF4O8P2Rh-. The summed E-state index contributed by atoms with van der Waals surface area (Å²) in [5, 5.41) is 6.98. The van der Waals surface area contributed by atoms with E-state index in [2.05, 4.69) is 239 Å². The second-order valence-corrected chi connectivity index (χ2v) is 36.2. The molecule has 0 spiro atoms. The second kappa shape index (κ2) is 26.1. The molecule has 0 atom stereocenters. The van der Waals surface area contributed by atoms with E-state index in [0.717, 1.165) is 89.2 Å². The number of methoxy groups -OCH3 is 4. The number of rotatable bonds is 11. The maximum Gasteiger partial charge on any atom is 0.673 e. The molecule has 2 aliphatic rings. The zero-order valence-electron chi connectivity index (χ0n) is 58.9. The van der Waals surface area contributed by atoms with Gasteiger partial charge in [-0.1, -0.05) is 166 Å². The van der Waals surface area contributed by atoms with Gasteiger partial charge in [0.25, 0.3) is 0 Å². The van der Waals surface area contributed by atoms with Crippen molar-refractivity contribution in [3.05, 3.63) is 117 Å². The summed E-state index contributed by atoms with van der Waals surface area (Å²) in [6.07, 6.45) is 0. The van der Waals surface area contributed by atoms with Gasteiger partial charge in [-0.05, 0) is 164 Å². The van der Waals surface area contributed by atoms with Crippen molar-refractivity contribution in [2.75, 3.05) is 42.0 Å². The number of hydrogen-bond acceptors (Lipinski definition) is 8. The monoisotopic (exact) mass is 1370 g/mol. The Bertz CT molecular complexity index is 3070. The Kier molecular flexibility index (Phi) is 21.4. The molecule has 6 aromatic rings. The molecule has 0 saturated heterocycles. The van der Waals surface area contributed by atoms with Crippen LogP contribution >= 0.6 is 15.8 Å². The van der Waals surface area contributed by atoms with E-state index in [1.54, 1.807) is 0 Å². The average molecular weight is 1370 g/mol. The standard InChI is InChI=1S/C74H100O8P2.BF4.Rh/c1-67(2,3)47-33-43(34-48(61(47)75-25)68(4,5)6)83(44-35-49(69(7,8)9)62(76-26)50(36-44)70(10,11)12)57-31-29-55-65(81-41-79-55)59(57)60-58(32-30-56-66(60)82-42-80-56)84(45-37-51(71(13,14)15)63(77-27)52(38-45)72(16,17)18)46-39-53(73(19,20)21)64(78-28)54(40-46)74(22,23)24;2-1(3,4)5;/h29-40H,41-42H2,1-28H3;;/q;-1;. The molecule has 0 fully saturated rings. The quantitative estimate of drug-likeness (QED) is 0.0722. The predicted octanol–water partition coefficient (Wildman–Crippen LogP) is 18.0. The summed E-state index contributed by atoms with van der Waals surface area (Å²) >= 11 is 0. The fourth-order valence-electron chi connectivity index (χ4n) is 11.9. The summed E-state index contributed by atoms with van der Waals surface area (Å²) in [7, 11) is -1.71. The molecule has 6 aromatic carbocycles. The molecule has 0 bridgehead atoms. The molecule has 495 valence electrons. The van der Waals surface area contributed by atoms with Crippen molar-refractivity contribution < 1.29 is 74.6 Å². The maximum atomic E-state index is 9.75. The SMILES string of the molecule is COc1c(C(C)(C)C)cc(P(c2cc(C(C)(C)C)c(OC)c(C(C)(C)C)c2)c2ccc3c(c2-c2c(P(c4cc(C(C)(C)C)c(OC)c(C(C)(C)C)c4)c4cc(C(C)(C)C)c(OC)c(C(C)(C)C)c4)ccc4c2OCO4)OCO3)cc1C(C)(C)C.F[B-](F)(F)F.[Rh]. The van der Waals surface area contributed by atoms with Gasteiger partial charge in [-0.25, -0.2) is 0 Å². The zero-order chi connectivity index (χ0) is 67.1. The van der Waals surface area contributed by atoms with Gasteiger partial charge in [0.15, 0.2) is 23.0 Å². The minimum atomic E-state index is -6.00. The number of hydrogen-bond donors (Lipinski definition) is 0. The van der Waals surface area contributed by atoms with Crippen LogP contribution in [0.4, 0.5) is 17.3 Å². The first kappa shape index (κ1) is 74.0. The van der Waals surface area contributed by atoms with Crippen LogP contribution in [-0.4, -0.2) is 49.3 Å². The van der Waals surface area contributed by atoms with E-state index in [0.29, 0.717) is 23.0 Å². The van der Waals surface area contributed by atoms with Gasteiger partial charge < -0.3 is 55.2 Å². The van der Waals surface area contributed by atoms with Gasteiger partial charge in [0.1, 0.15) is 23.0 Å². The normalized spacial score (nSPS) is 13.9. The Morgan fingerprint density at radius 2 is 0.500 bits per heavy atom. The van der Waals surface area contributed by atoms with Crippen LogP contribution in [0.15, 0.2) is 72.8 Å². The maximum absolute atomic E-state index is 9.75. The minimum Gasteiger partial charge on any atom is -0.496 e. The summed E-state index contributed by atoms with van der Waals surface area (Å²) in [4.78, 5) is 0.